The first kappa shape index (κ1) is 48.4. The van der Waals surface area contributed by atoms with E-state index in [9.17, 15) is 0 Å². The summed E-state index contributed by atoms with van der Waals surface area (Å²) in [5.74, 6) is 0. The monoisotopic (exact) mass is 715 g/mol. The summed E-state index contributed by atoms with van der Waals surface area (Å²) in [6, 6.07) is 0. The van der Waals surface area contributed by atoms with Gasteiger partial charge in [-0.25, -0.2) is 0 Å². The molecule has 0 N–H and O–H groups in total. The van der Waals surface area contributed by atoms with Crippen molar-refractivity contribution in [2.24, 2.45) is 0 Å². The molecule has 1 rings (SSSR count). The Morgan fingerprint density at radius 2 is 0.451 bits per heavy atom. The van der Waals surface area contributed by atoms with Crippen LogP contribution in [0.5, 0.6) is 0 Å². The Kier molecular flexibility index (Phi) is 38.4. The summed E-state index contributed by atoms with van der Waals surface area (Å²) in [5.41, 5.74) is 0. The van der Waals surface area contributed by atoms with Crippen LogP contribution in [0.3, 0.4) is 0 Å². The van der Waals surface area contributed by atoms with Crippen molar-refractivity contribution in [2.75, 3.05) is 13.1 Å². The Bertz CT molecular complexity index is 673. The van der Waals surface area contributed by atoms with E-state index in [2.05, 4.69) is 43.0 Å². The summed E-state index contributed by atoms with van der Waals surface area (Å²) in [6.07, 6.45) is 64.9. The molecule has 0 bridgehead atoms. The molecule has 1 unspecified atom stereocenters. The molecule has 0 aromatic heterocycles. The lowest BCUT2D eigenvalue weighted by molar-refractivity contribution is 0.135. The summed E-state index contributed by atoms with van der Waals surface area (Å²) >= 11 is 0. The third-order valence-corrected chi connectivity index (χ3v) is 12.1. The number of unbranched alkanes of at least 4 members (excludes halogenated alkanes) is 37. The molecule has 1 atom stereocenters. The van der Waals surface area contributed by atoms with Crippen molar-refractivity contribution in [3.63, 3.8) is 0 Å². The van der Waals surface area contributed by atoms with Crippen LogP contribution >= 0.6 is 0 Å². The predicted octanol–water partition coefficient (Wildman–Crippen LogP) is 17.5. The van der Waals surface area contributed by atoms with Gasteiger partial charge in [-0.2, -0.15) is 0 Å². The van der Waals surface area contributed by atoms with E-state index in [1.807, 2.05) is 0 Å². The molecule has 0 radical (unpaired) electrons. The quantitative estimate of drug-likeness (QED) is 0.0580. The van der Waals surface area contributed by atoms with E-state index in [0.29, 0.717) is 6.17 Å². The van der Waals surface area contributed by atoms with Crippen molar-refractivity contribution in [1.29, 1.82) is 0 Å². The highest BCUT2D eigenvalue weighted by atomic mass is 15.4. The molecule has 0 aromatic carbocycles. The SMILES string of the molecule is CCCCCCCCCCCCCCCCCCCN1C=CN(CCCCCCCCCCCCCCCCCC)C1CCCCCCCCC. The summed E-state index contributed by atoms with van der Waals surface area (Å²) < 4.78 is 0. The van der Waals surface area contributed by atoms with Crippen LogP contribution in [0, 0.1) is 0 Å². The molecular weight excluding hydrogens is 617 g/mol. The molecule has 0 fully saturated rings. The lowest BCUT2D eigenvalue weighted by Gasteiger charge is -2.33. The zero-order valence-electron chi connectivity index (χ0n) is 36.0. The zero-order chi connectivity index (χ0) is 36.6. The largest absolute Gasteiger partial charge is 0.356 e. The maximum Gasteiger partial charge on any atom is 0.101 e. The number of rotatable bonds is 43. The van der Waals surface area contributed by atoms with Crippen molar-refractivity contribution in [1.82, 2.24) is 9.80 Å². The van der Waals surface area contributed by atoms with Gasteiger partial charge in [0.25, 0.3) is 0 Å². The van der Waals surface area contributed by atoms with Gasteiger partial charge in [-0.1, -0.05) is 258 Å². The molecule has 2 heteroatoms. The molecule has 0 saturated heterocycles. The highest BCUT2D eigenvalue weighted by Crippen LogP contribution is 2.24. The fourth-order valence-electron chi connectivity index (χ4n) is 8.48. The van der Waals surface area contributed by atoms with Gasteiger partial charge in [0.2, 0.25) is 0 Å². The first-order valence-corrected chi connectivity index (χ1v) is 24.5. The van der Waals surface area contributed by atoms with Crippen LogP contribution in [0.25, 0.3) is 0 Å². The Morgan fingerprint density at radius 1 is 0.255 bits per heavy atom. The number of hydrogen-bond acceptors (Lipinski definition) is 2. The Morgan fingerprint density at radius 3 is 0.686 bits per heavy atom. The minimum atomic E-state index is 0.637. The third-order valence-electron chi connectivity index (χ3n) is 12.1. The number of hydrogen-bond donors (Lipinski definition) is 0. The Labute approximate surface area is 324 Å². The van der Waals surface area contributed by atoms with E-state index in [1.54, 1.807) is 0 Å². The van der Waals surface area contributed by atoms with Gasteiger partial charge in [0, 0.05) is 25.5 Å². The molecule has 1 aliphatic rings. The van der Waals surface area contributed by atoms with Gasteiger partial charge >= 0.3 is 0 Å². The smallest absolute Gasteiger partial charge is 0.101 e. The molecule has 0 spiro atoms. The lowest BCUT2D eigenvalue weighted by Crippen LogP contribution is -2.39. The minimum absolute atomic E-state index is 0.637. The molecule has 304 valence electrons. The summed E-state index contributed by atoms with van der Waals surface area (Å²) in [5, 5.41) is 0. The topological polar surface area (TPSA) is 6.48 Å². The molecule has 2 nitrogen and oxygen atoms in total. The maximum atomic E-state index is 2.73. The van der Waals surface area contributed by atoms with Gasteiger partial charge in [-0.05, 0) is 25.7 Å². The standard InChI is InChI=1S/C49H98N2/c1-4-7-10-13-16-18-20-22-24-26-28-30-32-34-37-40-43-46-51-48-47-50(49(51)44-41-38-35-15-12-9-6-3)45-42-39-36-33-31-29-27-25-23-21-19-17-14-11-8-5-2/h47-49H,4-46H2,1-3H3. The van der Waals surface area contributed by atoms with Crippen LogP contribution in [-0.4, -0.2) is 29.1 Å². The van der Waals surface area contributed by atoms with Crippen LogP contribution in [-0.2, 0) is 0 Å². The van der Waals surface area contributed by atoms with E-state index in [1.165, 1.54) is 276 Å². The van der Waals surface area contributed by atoms with Crippen LogP contribution in [0.15, 0.2) is 12.4 Å². The highest BCUT2D eigenvalue weighted by Gasteiger charge is 2.24. The first-order valence-electron chi connectivity index (χ1n) is 24.5. The molecule has 0 saturated carbocycles. The third kappa shape index (κ3) is 32.5. The second-order valence-corrected chi connectivity index (χ2v) is 17.1. The molecule has 1 heterocycles. The number of nitrogens with zero attached hydrogens (tertiary/aromatic N) is 2. The van der Waals surface area contributed by atoms with Crippen LogP contribution in [0.4, 0.5) is 0 Å². The zero-order valence-corrected chi connectivity index (χ0v) is 36.0. The molecule has 51 heavy (non-hydrogen) atoms. The average molecular weight is 715 g/mol. The van der Waals surface area contributed by atoms with Crippen LogP contribution < -0.4 is 0 Å². The van der Waals surface area contributed by atoms with E-state index in [4.69, 9.17) is 0 Å². The maximum absolute atomic E-state index is 2.73. The van der Waals surface area contributed by atoms with E-state index in [0.717, 1.165) is 0 Å². The van der Waals surface area contributed by atoms with Crippen LogP contribution in [0.1, 0.15) is 284 Å². The van der Waals surface area contributed by atoms with Gasteiger partial charge in [0.15, 0.2) is 0 Å². The lowest BCUT2D eigenvalue weighted by atomic mass is 10.0. The molecular formula is C49H98N2. The van der Waals surface area contributed by atoms with Crippen molar-refractivity contribution < 1.29 is 0 Å². The van der Waals surface area contributed by atoms with E-state index < -0.39 is 0 Å². The summed E-state index contributed by atoms with van der Waals surface area (Å²) in [4.78, 5) is 5.46. The van der Waals surface area contributed by atoms with Gasteiger partial charge < -0.3 is 9.80 Å². The predicted molar refractivity (Wildman–Crippen MR) is 233 cm³/mol. The summed E-state index contributed by atoms with van der Waals surface area (Å²) in [7, 11) is 0. The Balaban J connectivity index is 2.10. The molecule has 1 aliphatic heterocycles. The van der Waals surface area contributed by atoms with Gasteiger partial charge in [-0.3, -0.25) is 0 Å². The van der Waals surface area contributed by atoms with Gasteiger partial charge in [0.05, 0.1) is 0 Å². The second kappa shape index (κ2) is 40.5. The highest BCUT2D eigenvalue weighted by molar-refractivity contribution is 4.97. The van der Waals surface area contributed by atoms with E-state index >= 15 is 0 Å². The fraction of sp³-hybridized carbons (Fsp3) is 0.959. The fourth-order valence-corrected chi connectivity index (χ4v) is 8.48. The van der Waals surface area contributed by atoms with Crippen molar-refractivity contribution in [3.05, 3.63) is 12.4 Å². The summed E-state index contributed by atoms with van der Waals surface area (Å²) in [6.45, 7) is 9.50. The first-order chi connectivity index (χ1) is 25.3. The van der Waals surface area contributed by atoms with Crippen molar-refractivity contribution >= 4 is 0 Å². The second-order valence-electron chi connectivity index (χ2n) is 17.1. The van der Waals surface area contributed by atoms with Gasteiger partial charge in [-0.15, -0.1) is 0 Å². The van der Waals surface area contributed by atoms with Crippen molar-refractivity contribution in [2.45, 2.75) is 290 Å². The van der Waals surface area contributed by atoms with Crippen molar-refractivity contribution in [3.8, 4) is 0 Å². The molecule has 0 aliphatic carbocycles. The molecule has 0 aromatic rings. The van der Waals surface area contributed by atoms with E-state index in [-0.39, 0.29) is 0 Å². The Hall–Kier alpha value is -0.660. The van der Waals surface area contributed by atoms with Gasteiger partial charge in [0.1, 0.15) is 6.17 Å². The minimum Gasteiger partial charge on any atom is -0.356 e. The normalized spacial score (nSPS) is 14.5. The van der Waals surface area contributed by atoms with Crippen LogP contribution in [0.2, 0.25) is 0 Å². The average Bonchev–Trinajstić information content (AvgIpc) is 3.53. The molecule has 0 amide bonds.